The molecule has 0 radical (unpaired) electrons. The first-order valence-electron chi connectivity index (χ1n) is 4.89. The second-order valence-corrected chi connectivity index (χ2v) is 4.40. The van der Waals surface area contributed by atoms with Crippen LogP contribution in [0.1, 0.15) is 4.88 Å². The molecule has 0 aliphatic carbocycles. The maximum absolute atomic E-state index is 5.92. The van der Waals surface area contributed by atoms with Gasteiger partial charge in [-0.25, -0.2) is 0 Å². The highest BCUT2D eigenvalue weighted by atomic mass is 32.1. The van der Waals surface area contributed by atoms with E-state index in [1.54, 1.807) is 7.11 Å². The average molecular weight is 222 g/mol. The van der Waals surface area contributed by atoms with Crippen LogP contribution in [0.2, 0.25) is 0 Å². The second-order valence-electron chi connectivity index (χ2n) is 3.54. The minimum Gasteiger partial charge on any atom is -0.383 e. The molecule has 0 saturated carbocycles. The van der Waals surface area contributed by atoms with Gasteiger partial charge in [0.05, 0.1) is 12.1 Å². The van der Waals surface area contributed by atoms with Gasteiger partial charge in [0.2, 0.25) is 0 Å². The standard InChI is InChI=1S/C11H14N2OS/c1-14-7-8(12)6-11-9-4-2-3-5-10(9)13-15-11/h2-5,8H,6-7,12H2,1H3. The smallest absolute Gasteiger partial charge is 0.0843 e. The van der Waals surface area contributed by atoms with Gasteiger partial charge in [-0.15, -0.1) is 0 Å². The second kappa shape index (κ2) is 4.70. The largest absolute Gasteiger partial charge is 0.383 e. The van der Waals surface area contributed by atoms with Gasteiger partial charge in [-0.2, -0.15) is 4.37 Å². The maximum Gasteiger partial charge on any atom is 0.0843 e. The number of aromatic nitrogens is 1. The summed E-state index contributed by atoms with van der Waals surface area (Å²) in [6.07, 6.45) is 0.832. The molecule has 1 aromatic heterocycles. The quantitative estimate of drug-likeness (QED) is 0.858. The van der Waals surface area contributed by atoms with Crippen LogP contribution < -0.4 is 5.73 Å². The molecule has 0 saturated heterocycles. The van der Waals surface area contributed by atoms with Crippen LogP contribution in [-0.2, 0) is 11.2 Å². The summed E-state index contributed by atoms with van der Waals surface area (Å²) in [5, 5.41) is 1.22. The molecule has 0 amide bonds. The molecule has 15 heavy (non-hydrogen) atoms. The molecule has 0 aliphatic rings. The normalized spacial score (nSPS) is 13.2. The molecule has 4 heteroatoms. The van der Waals surface area contributed by atoms with Crippen molar-refractivity contribution < 1.29 is 4.74 Å². The zero-order chi connectivity index (χ0) is 10.7. The molecule has 2 aromatic rings. The minimum atomic E-state index is 0.0545. The molecule has 3 nitrogen and oxygen atoms in total. The molecule has 1 unspecified atom stereocenters. The van der Waals surface area contributed by atoms with E-state index in [1.165, 1.54) is 21.8 Å². The minimum absolute atomic E-state index is 0.0545. The van der Waals surface area contributed by atoms with Crippen LogP contribution in [0.3, 0.4) is 0 Å². The average Bonchev–Trinajstić information content (AvgIpc) is 2.62. The Kier molecular flexibility index (Phi) is 3.30. The van der Waals surface area contributed by atoms with E-state index in [2.05, 4.69) is 10.4 Å². The van der Waals surface area contributed by atoms with Crippen molar-refractivity contribution in [3.63, 3.8) is 0 Å². The number of rotatable bonds is 4. The molecule has 0 spiro atoms. The molecule has 0 aliphatic heterocycles. The van der Waals surface area contributed by atoms with Crippen LogP contribution in [0.4, 0.5) is 0 Å². The van der Waals surface area contributed by atoms with E-state index >= 15 is 0 Å². The first kappa shape index (κ1) is 10.5. The number of hydrogen-bond donors (Lipinski definition) is 1. The molecule has 80 valence electrons. The van der Waals surface area contributed by atoms with Gasteiger partial charge >= 0.3 is 0 Å². The van der Waals surface area contributed by atoms with Crippen LogP contribution in [0.5, 0.6) is 0 Å². The van der Waals surface area contributed by atoms with E-state index in [0.29, 0.717) is 6.61 Å². The van der Waals surface area contributed by atoms with Gasteiger partial charge in [0, 0.05) is 29.8 Å². The van der Waals surface area contributed by atoms with Crippen LogP contribution in [0, 0.1) is 0 Å². The predicted molar refractivity (Wildman–Crippen MR) is 63.2 cm³/mol. The van der Waals surface area contributed by atoms with Gasteiger partial charge in [0.25, 0.3) is 0 Å². The molecule has 1 aromatic carbocycles. The Balaban J connectivity index is 2.21. The van der Waals surface area contributed by atoms with Crippen molar-refractivity contribution in [2.24, 2.45) is 5.73 Å². The molecule has 1 atom stereocenters. The molecule has 0 bridgehead atoms. The predicted octanol–water partition coefficient (Wildman–Crippen LogP) is 1.81. The Morgan fingerprint density at radius 1 is 1.47 bits per heavy atom. The number of hydrogen-bond acceptors (Lipinski definition) is 4. The number of methoxy groups -OCH3 is 1. The molecular formula is C11H14N2OS. The lowest BCUT2D eigenvalue weighted by molar-refractivity contribution is 0.180. The van der Waals surface area contributed by atoms with E-state index in [4.69, 9.17) is 10.5 Å². The third kappa shape index (κ3) is 2.34. The summed E-state index contributed by atoms with van der Waals surface area (Å²) in [4.78, 5) is 1.25. The fourth-order valence-electron chi connectivity index (χ4n) is 1.60. The summed E-state index contributed by atoms with van der Waals surface area (Å²) in [7, 11) is 1.67. The summed E-state index contributed by atoms with van der Waals surface area (Å²) in [6.45, 7) is 0.590. The number of benzene rings is 1. The lowest BCUT2D eigenvalue weighted by Gasteiger charge is -2.08. The molecular weight excluding hydrogens is 208 g/mol. The van der Waals surface area contributed by atoms with Crippen molar-refractivity contribution in [3.05, 3.63) is 29.1 Å². The van der Waals surface area contributed by atoms with Crippen LogP contribution in [0.15, 0.2) is 24.3 Å². The summed E-state index contributed by atoms with van der Waals surface area (Å²) in [5.74, 6) is 0. The van der Waals surface area contributed by atoms with E-state index in [0.717, 1.165) is 11.9 Å². The molecule has 1 heterocycles. The number of nitrogens with two attached hydrogens (primary N) is 1. The summed E-state index contributed by atoms with van der Waals surface area (Å²) in [6, 6.07) is 8.20. The van der Waals surface area contributed by atoms with Crippen molar-refractivity contribution in [2.45, 2.75) is 12.5 Å². The van der Waals surface area contributed by atoms with E-state index in [-0.39, 0.29) is 6.04 Å². The van der Waals surface area contributed by atoms with Gasteiger partial charge < -0.3 is 10.5 Å². The number of ether oxygens (including phenoxy) is 1. The lowest BCUT2D eigenvalue weighted by Crippen LogP contribution is -2.27. The van der Waals surface area contributed by atoms with Crippen molar-refractivity contribution in [1.82, 2.24) is 4.37 Å². The molecule has 2 rings (SSSR count). The van der Waals surface area contributed by atoms with Gasteiger partial charge in [0.15, 0.2) is 0 Å². The highest BCUT2D eigenvalue weighted by molar-refractivity contribution is 7.07. The Hall–Kier alpha value is -0.970. The van der Waals surface area contributed by atoms with Crippen LogP contribution in [-0.4, -0.2) is 24.1 Å². The lowest BCUT2D eigenvalue weighted by atomic mass is 10.1. The van der Waals surface area contributed by atoms with E-state index in [9.17, 15) is 0 Å². The van der Waals surface area contributed by atoms with E-state index < -0.39 is 0 Å². The molecule has 2 N–H and O–H groups in total. The highest BCUT2D eigenvalue weighted by Gasteiger charge is 2.09. The summed E-state index contributed by atoms with van der Waals surface area (Å²) >= 11 is 1.53. The van der Waals surface area contributed by atoms with Crippen molar-refractivity contribution >= 4 is 22.4 Å². The fourth-order valence-corrected chi connectivity index (χ4v) is 2.53. The van der Waals surface area contributed by atoms with Gasteiger partial charge in [-0.05, 0) is 17.6 Å². The third-order valence-corrected chi connectivity index (χ3v) is 3.18. The SMILES string of the molecule is COCC(N)Cc1snc2ccccc12. The first-order valence-corrected chi connectivity index (χ1v) is 5.66. The Morgan fingerprint density at radius 2 is 2.27 bits per heavy atom. The summed E-state index contributed by atoms with van der Waals surface area (Å²) < 4.78 is 9.40. The van der Waals surface area contributed by atoms with Crippen molar-refractivity contribution in [2.75, 3.05) is 13.7 Å². The number of nitrogens with zero attached hydrogens (tertiary/aromatic N) is 1. The number of fused-ring (bicyclic) bond motifs is 1. The van der Waals surface area contributed by atoms with Crippen LogP contribution >= 0.6 is 11.5 Å². The van der Waals surface area contributed by atoms with Crippen molar-refractivity contribution in [1.29, 1.82) is 0 Å². The van der Waals surface area contributed by atoms with Gasteiger partial charge in [-0.3, -0.25) is 0 Å². The Bertz CT molecular complexity index is 441. The third-order valence-electron chi connectivity index (χ3n) is 2.29. The van der Waals surface area contributed by atoms with Gasteiger partial charge in [-0.1, -0.05) is 18.2 Å². The monoisotopic (exact) mass is 222 g/mol. The van der Waals surface area contributed by atoms with Crippen molar-refractivity contribution in [3.8, 4) is 0 Å². The highest BCUT2D eigenvalue weighted by Crippen LogP contribution is 2.22. The Labute approximate surface area is 93.0 Å². The zero-order valence-corrected chi connectivity index (χ0v) is 9.46. The fraction of sp³-hybridized carbons (Fsp3) is 0.364. The van der Waals surface area contributed by atoms with Crippen LogP contribution in [0.25, 0.3) is 10.9 Å². The topological polar surface area (TPSA) is 48.1 Å². The first-order chi connectivity index (χ1) is 7.31. The van der Waals surface area contributed by atoms with E-state index in [1.807, 2.05) is 18.2 Å². The zero-order valence-electron chi connectivity index (χ0n) is 8.64. The Morgan fingerprint density at radius 3 is 3.07 bits per heavy atom. The summed E-state index contributed by atoms with van der Waals surface area (Å²) in [5.41, 5.74) is 6.98. The maximum atomic E-state index is 5.92. The van der Waals surface area contributed by atoms with Gasteiger partial charge in [0.1, 0.15) is 0 Å². The molecule has 0 fully saturated rings.